The first-order valence-corrected chi connectivity index (χ1v) is 7.46. The Balaban J connectivity index is 2.32. The second kappa shape index (κ2) is 6.87. The summed E-state index contributed by atoms with van der Waals surface area (Å²) in [6, 6.07) is 4.91. The van der Waals surface area contributed by atoms with Crippen LogP contribution in [0.25, 0.3) is 0 Å². The van der Waals surface area contributed by atoms with Gasteiger partial charge in [-0.05, 0) is 44.9 Å². The summed E-state index contributed by atoms with van der Waals surface area (Å²) in [6.45, 7) is 5.01. The number of rotatable bonds is 6. The van der Waals surface area contributed by atoms with Crippen LogP contribution < -0.4 is 9.47 Å². The molecular weight excluding hydrogens is 304 g/mol. The van der Waals surface area contributed by atoms with E-state index in [1.807, 2.05) is 0 Å². The van der Waals surface area contributed by atoms with Gasteiger partial charge in [-0.2, -0.15) is 0 Å². The molecule has 0 saturated heterocycles. The van der Waals surface area contributed by atoms with Crippen LogP contribution in [-0.4, -0.2) is 42.1 Å². The van der Waals surface area contributed by atoms with E-state index in [1.165, 1.54) is 0 Å². The van der Waals surface area contributed by atoms with Gasteiger partial charge < -0.3 is 24.1 Å². The summed E-state index contributed by atoms with van der Waals surface area (Å²) in [4.78, 5) is 24.4. The molecule has 0 saturated carbocycles. The van der Waals surface area contributed by atoms with Crippen molar-refractivity contribution in [3.05, 3.63) is 23.8 Å². The van der Waals surface area contributed by atoms with Gasteiger partial charge in [0.15, 0.2) is 11.5 Å². The van der Waals surface area contributed by atoms with Crippen molar-refractivity contribution < 1.29 is 33.6 Å². The van der Waals surface area contributed by atoms with Crippen molar-refractivity contribution in [3.8, 4) is 11.5 Å². The molecule has 0 aromatic heterocycles. The van der Waals surface area contributed by atoms with Gasteiger partial charge in [-0.25, -0.2) is 9.59 Å². The van der Waals surface area contributed by atoms with E-state index in [4.69, 9.17) is 18.9 Å². The molecule has 0 amide bonds. The molecule has 1 atom stereocenters. The Morgan fingerprint density at radius 3 is 2.22 bits per heavy atom. The van der Waals surface area contributed by atoms with Crippen LogP contribution in [-0.2, 0) is 25.5 Å². The van der Waals surface area contributed by atoms with Crippen LogP contribution in [0.2, 0.25) is 0 Å². The normalized spacial score (nSPS) is 15.8. The second-order valence-electron chi connectivity index (χ2n) is 5.10. The predicted molar refractivity (Wildman–Crippen MR) is 79.1 cm³/mol. The number of aliphatic hydroxyl groups is 1. The minimum atomic E-state index is -2.28. The molecule has 1 heterocycles. The third-order valence-electron chi connectivity index (χ3n) is 3.13. The summed E-state index contributed by atoms with van der Waals surface area (Å²) in [7, 11) is 0. The molecule has 1 aromatic carbocycles. The van der Waals surface area contributed by atoms with Crippen LogP contribution in [0.4, 0.5) is 0 Å². The summed E-state index contributed by atoms with van der Waals surface area (Å²) in [5.41, 5.74) is 0.783. The molecule has 1 N–H and O–H groups in total. The van der Waals surface area contributed by atoms with Crippen molar-refractivity contribution in [1.29, 1.82) is 0 Å². The molecule has 0 unspecified atom stereocenters. The van der Waals surface area contributed by atoms with E-state index < -0.39 is 23.8 Å². The van der Waals surface area contributed by atoms with Crippen LogP contribution >= 0.6 is 0 Å². The van der Waals surface area contributed by atoms with E-state index in [-0.39, 0.29) is 24.7 Å². The maximum atomic E-state index is 12.2. The third-order valence-corrected chi connectivity index (χ3v) is 3.13. The van der Waals surface area contributed by atoms with Gasteiger partial charge in [-0.1, -0.05) is 6.07 Å². The molecule has 126 valence electrons. The highest BCUT2D eigenvalue weighted by atomic mass is 16.8. The number of hydrogen-bond donors (Lipinski definition) is 1. The molecule has 1 aliphatic heterocycles. The molecular formula is C16H20O7. The highest BCUT2D eigenvalue weighted by molar-refractivity contribution is 6.03. The van der Waals surface area contributed by atoms with E-state index >= 15 is 0 Å². The Morgan fingerprint density at radius 1 is 1.13 bits per heavy atom. The van der Waals surface area contributed by atoms with E-state index in [0.29, 0.717) is 6.42 Å². The highest BCUT2D eigenvalue weighted by Crippen LogP contribution is 2.41. The lowest BCUT2D eigenvalue weighted by Gasteiger charge is -2.22. The van der Waals surface area contributed by atoms with Gasteiger partial charge in [0.2, 0.25) is 0 Å². The summed E-state index contributed by atoms with van der Waals surface area (Å²) in [5.74, 6) is -3.75. The first-order valence-electron chi connectivity index (χ1n) is 7.46. The Morgan fingerprint density at radius 2 is 1.70 bits per heavy atom. The van der Waals surface area contributed by atoms with Gasteiger partial charge in [0.05, 0.1) is 19.3 Å². The van der Waals surface area contributed by atoms with Gasteiger partial charge in [-0.15, -0.1) is 0 Å². The predicted octanol–water partition coefficient (Wildman–Crippen LogP) is 1.20. The lowest BCUT2D eigenvalue weighted by atomic mass is 10.1. The minimum Gasteiger partial charge on any atom is -0.460 e. The number of hydrogen-bond acceptors (Lipinski definition) is 7. The van der Waals surface area contributed by atoms with Crippen LogP contribution in [0.1, 0.15) is 26.3 Å². The van der Waals surface area contributed by atoms with Gasteiger partial charge in [0.1, 0.15) is 0 Å². The maximum absolute atomic E-state index is 12.2. The van der Waals surface area contributed by atoms with Gasteiger partial charge in [-0.3, -0.25) is 0 Å². The van der Waals surface area contributed by atoms with Crippen molar-refractivity contribution in [2.45, 2.75) is 39.1 Å². The lowest BCUT2D eigenvalue weighted by molar-refractivity contribution is -0.202. The SMILES string of the molecule is CCOC(=O)C1(C(=O)OCC)Oc2ccc(C[C@@H](C)O)cc2O1. The quantitative estimate of drug-likeness (QED) is 0.621. The van der Waals surface area contributed by atoms with Crippen LogP contribution in [0.3, 0.4) is 0 Å². The minimum absolute atomic E-state index is 0.0658. The average Bonchev–Trinajstić information content (AvgIpc) is 2.87. The van der Waals surface area contributed by atoms with Gasteiger partial charge in [0.25, 0.3) is 0 Å². The van der Waals surface area contributed by atoms with Crippen molar-refractivity contribution in [2.75, 3.05) is 13.2 Å². The first-order chi connectivity index (χ1) is 10.9. The van der Waals surface area contributed by atoms with E-state index in [2.05, 4.69) is 0 Å². The van der Waals surface area contributed by atoms with Gasteiger partial charge >= 0.3 is 17.7 Å². The zero-order valence-corrected chi connectivity index (χ0v) is 13.3. The van der Waals surface area contributed by atoms with Crippen molar-refractivity contribution in [2.24, 2.45) is 0 Å². The largest absolute Gasteiger partial charge is 0.460 e. The lowest BCUT2D eigenvalue weighted by Crippen LogP contribution is -2.55. The molecule has 0 fully saturated rings. The Labute approximate surface area is 134 Å². The molecule has 0 spiro atoms. The Bertz CT molecular complexity index is 576. The number of fused-ring (bicyclic) bond motifs is 1. The molecule has 1 aliphatic rings. The smallest absolute Gasteiger partial charge is 0.453 e. The molecule has 1 aromatic rings. The number of benzene rings is 1. The van der Waals surface area contributed by atoms with E-state index in [1.54, 1.807) is 39.0 Å². The van der Waals surface area contributed by atoms with Crippen molar-refractivity contribution in [3.63, 3.8) is 0 Å². The van der Waals surface area contributed by atoms with E-state index in [0.717, 1.165) is 5.56 Å². The summed E-state index contributed by atoms with van der Waals surface area (Å²) in [5, 5.41) is 9.45. The highest BCUT2D eigenvalue weighted by Gasteiger charge is 2.59. The number of esters is 2. The summed E-state index contributed by atoms with van der Waals surface area (Å²) < 4.78 is 20.7. The number of ether oxygens (including phenoxy) is 4. The zero-order chi connectivity index (χ0) is 17.0. The molecule has 0 aliphatic carbocycles. The fourth-order valence-electron chi connectivity index (χ4n) is 2.22. The first kappa shape index (κ1) is 17.1. The van der Waals surface area contributed by atoms with Crippen molar-refractivity contribution in [1.82, 2.24) is 0 Å². The standard InChI is InChI=1S/C16H20O7/c1-4-20-14(18)16(15(19)21-5-2)22-12-7-6-11(8-10(3)17)9-13(12)23-16/h6-7,9-10,17H,4-5,8H2,1-3H3/t10-/m1/s1. The maximum Gasteiger partial charge on any atom is 0.453 e. The molecule has 2 rings (SSSR count). The van der Waals surface area contributed by atoms with Crippen molar-refractivity contribution >= 4 is 11.9 Å². The second-order valence-corrected chi connectivity index (χ2v) is 5.10. The van der Waals surface area contributed by atoms with Crippen LogP contribution in [0.5, 0.6) is 11.5 Å². The fraction of sp³-hybridized carbons (Fsp3) is 0.500. The summed E-state index contributed by atoms with van der Waals surface area (Å²) in [6.07, 6.45) is -0.127. The monoisotopic (exact) mass is 324 g/mol. The Kier molecular flexibility index (Phi) is 5.10. The number of aliphatic hydroxyl groups excluding tert-OH is 1. The molecule has 7 heteroatoms. The molecule has 0 bridgehead atoms. The van der Waals surface area contributed by atoms with E-state index in [9.17, 15) is 14.7 Å². The van der Waals surface area contributed by atoms with Crippen LogP contribution in [0.15, 0.2) is 18.2 Å². The third kappa shape index (κ3) is 3.39. The topological polar surface area (TPSA) is 91.3 Å². The molecule has 0 radical (unpaired) electrons. The molecule has 7 nitrogen and oxygen atoms in total. The average molecular weight is 324 g/mol. The number of carbonyl (C=O) groups excluding carboxylic acids is 2. The fourth-order valence-corrected chi connectivity index (χ4v) is 2.22. The van der Waals surface area contributed by atoms with Crippen LogP contribution in [0, 0.1) is 0 Å². The zero-order valence-electron chi connectivity index (χ0n) is 13.3. The summed E-state index contributed by atoms with van der Waals surface area (Å²) >= 11 is 0. The Hall–Kier alpha value is -2.28. The number of carbonyl (C=O) groups is 2. The molecule has 23 heavy (non-hydrogen) atoms. The van der Waals surface area contributed by atoms with Gasteiger partial charge in [0, 0.05) is 0 Å².